The Morgan fingerprint density at radius 3 is 2.42 bits per heavy atom. The van der Waals surface area contributed by atoms with Crippen molar-refractivity contribution in [2.45, 2.75) is 13.5 Å². The largest absolute Gasteiger partial charge is 0.494 e. The number of ether oxygens (including phenoxy) is 2. The van der Waals surface area contributed by atoms with Gasteiger partial charge < -0.3 is 20.1 Å². The third-order valence-electron chi connectivity index (χ3n) is 3.13. The molecule has 24 heavy (non-hydrogen) atoms. The predicted molar refractivity (Wildman–Crippen MR) is 94.8 cm³/mol. The molecule has 0 fully saturated rings. The maximum absolute atomic E-state index is 11.7. The highest BCUT2D eigenvalue weighted by Crippen LogP contribution is 2.17. The Labute approximate surface area is 146 Å². The van der Waals surface area contributed by atoms with Crippen LogP contribution in [0.1, 0.15) is 12.5 Å². The molecular formula is C18H21ClN2O3. The predicted octanol–water partition coefficient (Wildman–Crippen LogP) is 3.62. The van der Waals surface area contributed by atoms with Gasteiger partial charge in [-0.05, 0) is 48.9 Å². The SMILES string of the molecule is CCOc1ccc(OCCNC(=O)NCc2cccc(Cl)c2)cc1. The van der Waals surface area contributed by atoms with Gasteiger partial charge in [-0.25, -0.2) is 4.79 Å². The Morgan fingerprint density at radius 1 is 1.04 bits per heavy atom. The summed E-state index contributed by atoms with van der Waals surface area (Å²) < 4.78 is 10.9. The van der Waals surface area contributed by atoms with Crippen LogP contribution in [-0.4, -0.2) is 25.8 Å². The van der Waals surface area contributed by atoms with E-state index in [2.05, 4.69) is 10.6 Å². The Morgan fingerprint density at radius 2 is 1.75 bits per heavy atom. The van der Waals surface area contributed by atoms with Crippen LogP contribution in [0.15, 0.2) is 48.5 Å². The average molecular weight is 349 g/mol. The van der Waals surface area contributed by atoms with E-state index >= 15 is 0 Å². The van der Waals surface area contributed by atoms with Crippen molar-refractivity contribution in [2.24, 2.45) is 0 Å². The molecular weight excluding hydrogens is 328 g/mol. The second-order valence-electron chi connectivity index (χ2n) is 4.99. The van der Waals surface area contributed by atoms with Crippen molar-refractivity contribution in [3.8, 4) is 11.5 Å². The van der Waals surface area contributed by atoms with E-state index in [1.165, 1.54) is 0 Å². The minimum absolute atomic E-state index is 0.245. The third kappa shape index (κ3) is 6.38. The summed E-state index contributed by atoms with van der Waals surface area (Å²) in [5, 5.41) is 6.15. The summed E-state index contributed by atoms with van der Waals surface area (Å²) in [6, 6.07) is 14.5. The van der Waals surface area contributed by atoms with Crippen LogP contribution in [0, 0.1) is 0 Å². The lowest BCUT2D eigenvalue weighted by atomic mass is 10.2. The van der Waals surface area contributed by atoms with E-state index in [1.807, 2.05) is 49.4 Å². The topological polar surface area (TPSA) is 59.6 Å². The summed E-state index contributed by atoms with van der Waals surface area (Å²) in [5.41, 5.74) is 0.947. The first-order chi connectivity index (χ1) is 11.7. The zero-order chi connectivity index (χ0) is 17.2. The average Bonchev–Trinajstić information content (AvgIpc) is 2.59. The van der Waals surface area contributed by atoms with Gasteiger partial charge in [0.2, 0.25) is 0 Å². The molecule has 0 radical (unpaired) electrons. The molecule has 0 aliphatic rings. The molecule has 2 aromatic carbocycles. The van der Waals surface area contributed by atoms with E-state index in [4.69, 9.17) is 21.1 Å². The van der Waals surface area contributed by atoms with E-state index in [0.717, 1.165) is 17.1 Å². The molecule has 0 spiro atoms. The minimum Gasteiger partial charge on any atom is -0.494 e. The first-order valence-electron chi connectivity index (χ1n) is 7.79. The molecule has 2 amide bonds. The van der Waals surface area contributed by atoms with Crippen LogP contribution in [-0.2, 0) is 6.54 Å². The van der Waals surface area contributed by atoms with E-state index in [1.54, 1.807) is 6.07 Å². The van der Waals surface area contributed by atoms with Gasteiger partial charge in [0.15, 0.2) is 0 Å². The van der Waals surface area contributed by atoms with Gasteiger partial charge in [-0.1, -0.05) is 23.7 Å². The summed E-state index contributed by atoms with van der Waals surface area (Å²) in [7, 11) is 0. The molecule has 0 atom stereocenters. The number of rotatable bonds is 8. The molecule has 0 saturated carbocycles. The van der Waals surface area contributed by atoms with Crippen LogP contribution in [0.25, 0.3) is 0 Å². The molecule has 0 aliphatic carbocycles. The fourth-order valence-electron chi connectivity index (χ4n) is 2.02. The Hall–Kier alpha value is -2.40. The second-order valence-corrected chi connectivity index (χ2v) is 5.43. The molecule has 0 aromatic heterocycles. The Balaban J connectivity index is 1.62. The van der Waals surface area contributed by atoms with Gasteiger partial charge in [-0.15, -0.1) is 0 Å². The standard InChI is InChI=1S/C18H21ClN2O3/c1-2-23-16-6-8-17(9-7-16)24-11-10-20-18(22)21-13-14-4-3-5-15(19)12-14/h3-9,12H,2,10-11,13H2,1H3,(H2,20,21,22). The number of carbonyl (C=O) groups is 1. The number of amides is 2. The molecule has 128 valence electrons. The number of urea groups is 1. The monoisotopic (exact) mass is 348 g/mol. The Kier molecular flexibility index (Phi) is 7.23. The van der Waals surface area contributed by atoms with E-state index in [-0.39, 0.29) is 6.03 Å². The maximum Gasteiger partial charge on any atom is 0.315 e. The molecule has 2 N–H and O–H groups in total. The third-order valence-corrected chi connectivity index (χ3v) is 3.37. The summed E-state index contributed by atoms with van der Waals surface area (Å²) >= 11 is 5.90. The molecule has 0 bridgehead atoms. The van der Waals surface area contributed by atoms with Crippen molar-refractivity contribution in [3.05, 3.63) is 59.1 Å². The Bertz CT molecular complexity index is 647. The van der Waals surface area contributed by atoms with E-state index in [0.29, 0.717) is 31.3 Å². The first kappa shape index (κ1) is 17.9. The van der Waals surface area contributed by atoms with Crippen molar-refractivity contribution >= 4 is 17.6 Å². The zero-order valence-electron chi connectivity index (χ0n) is 13.5. The van der Waals surface area contributed by atoms with Gasteiger partial charge >= 0.3 is 6.03 Å². The van der Waals surface area contributed by atoms with Gasteiger partial charge in [-0.3, -0.25) is 0 Å². The van der Waals surface area contributed by atoms with Gasteiger partial charge in [0.05, 0.1) is 13.2 Å². The number of halogens is 1. The molecule has 2 aromatic rings. The van der Waals surface area contributed by atoms with Crippen molar-refractivity contribution in [3.63, 3.8) is 0 Å². The highest BCUT2D eigenvalue weighted by Gasteiger charge is 2.01. The minimum atomic E-state index is -0.245. The number of nitrogens with one attached hydrogen (secondary N) is 2. The van der Waals surface area contributed by atoms with Crippen LogP contribution >= 0.6 is 11.6 Å². The van der Waals surface area contributed by atoms with Crippen molar-refractivity contribution in [1.29, 1.82) is 0 Å². The summed E-state index contributed by atoms with van der Waals surface area (Å²) in [6.45, 7) is 3.79. The highest BCUT2D eigenvalue weighted by atomic mass is 35.5. The van der Waals surface area contributed by atoms with Crippen LogP contribution < -0.4 is 20.1 Å². The smallest absolute Gasteiger partial charge is 0.315 e. The number of hydrogen-bond donors (Lipinski definition) is 2. The lowest BCUT2D eigenvalue weighted by molar-refractivity contribution is 0.236. The van der Waals surface area contributed by atoms with Gasteiger partial charge in [0.1, 0.15) is 18.1 Å². The first-order valence-corrected chi connectivity index (χ1v) is 8.17. The number of benzene rings is 2. The van der Waals surface area contributed by atoms with Gasteiger partial charge in [0.25, 0.3) is 0 Å². The fraction of sp³-hybridized carbons (Fsp3) is 0.278. The molecule has 0 aliphatic heterocycles. The van der Waals surface area contributed by atoms with Crippen LogP contribution in [0.3, 0.4) is 0 Å². The van der Waals surface area contributed by atoms with Gasteiger partial charge in [-0.2, -0.15) is 0 Å². The van der Waals surface area contributed by atoms with E-state index < -0.39 is 0 Å². The summed E-state index contributed by atoms with van der Waals surface area (Å²) in [5.74, 6) is 1.54. The summed E-state index contributed by atoms with van der Waals surface area (Å²) in [6.07, 6.45) is 0. The van der Waals surface area contributed by atoms with Crippen LogP contribution in [0.2, 0.25) is 5.02 Å². The normalized spacial score (nSPS) is 10.1. The fourth-order valence-corrected chi connectivity index (χ4v) is 2.24. The van der Waals surface area contributed by atoms with Crippen LogP contribution in [0.5, 0.6) is 11.5 Å². The van der Waals surface area contributed by atoms with E-state index in [9.17, 15) is 4.79 Å². The van der Waals surface area contributed by atoms with Crippen LogP contribution in [0.4, 0.5) is 4.79 Å². The second kappa shape index (κ2) is 9.67. The number of hydrogen-bond acceptors (Lipinski definition) is 3. The molecule has 0 unspecified atom stereocenters. The summed E-state index contributed by atoms with van der Waals surface area (Å²) in [4.78, 5) is 11.7. The molecule has 5 nitrogen and oxygen atoms in total. The molecule has 6 heteroatoms. The lowest BCUT2D eigenvalue weighted by Gasteiger charge is -2.10. The van der Waals surface area contributed by atoms with Crippen molar-refractivity contribution in [1.82, 2.24) is 10.6 Å². The van der Waals surface area contributed by atoms with Gasteiger partial charge in [0, 0.05) is 11.6 Å². The molecule has 0 saturated heterocycles. The zero-order valence-corrected chi connectivity index (χ0v) is 14.3. The quantitative estimate of drug-likeness (QED) is 0.716. The number of carbonyl (C=O) groups excluding carboxylic acids is 1. The molecule has 2 rings (SSSR count). The maximum atomic E-state index is 11.7. The van der Waals surface area contributed by atoms with Crippen molar-refractivity contribution < 1.29 is 14.3 Å². The lowest BCUT2D eigenvalue weighted by Crippen LogP contribution is -2.37. The highest BCUT2D eigenvalue weighted by molar-refractivity contribution is 6.30. The molecule has 0 heterocycles. The van der Waals surface area contributed by atoms with Crippen molar-refractivity contribution in [2.75, 3.05) is 19.8 Å².